The molecule has 0 radical (unpaired) electrons. The van der Waals surface area contributed by atoms with Crippen molar-refractivity contribution in [1.29, 1.82) is 0 Å². The van der Waals surface area contributed by atoms with Gasteiger partial charge in [0.1, 0.15) is 5.75 Å². The molecule has 1 saturated carbocycles. The van der Waals surface area contributed by atoms with Crippen LogP contribution >= 0.6 is 0 Å². The Morgan fingerprint density at radius 1 is 0.731 bits per heavy atom. The molecule has 2 aromatic carbocycles. The van der Waals surface area contributed by atoms with Gasteiger partial charge in [-0.15, -0.1) is 0 Å². The highest BCUT2D eigenvalue weighted by atomic mass is 16.3. The summed E-state index contributed by atoms with van der Waals surface area (Å²) in [5.74, 6) is 2.48. The van der Waals surface area contributed by atoms with Gasteiger partial charge in [0.05, 0.1) is 0 Å². The second-order valence-electron chi connectivity index (χ2n) is 8.08. The summed E-state index contributed by atoms with van der Waals surface area (Å²) in [6.45, 7) is 4.59. The highest BCUT2D eigenvalue weighted by Crippen LogP contribution is 2.41. The zero-order valence-corrected chi connectivity index (χ0v) is 16.5. The van der Waals surface area contributed by atoms with Crippen molar-refractivity contribution in [1.82, 2.24) is 0 Å². The van der Waals surface area contributed by atoms with Crippen LogP contribution < -0.4 is 0 Å². The van der Waals surface area contributed by atoms with Crippen LogP contribution in [0.2, 0.25) is 0 Å². The van der Waals surface area contributed by atoms with Gasteiger partial charge in [0.2, 0.25) is 0 Å². The number of hydrogen-bond acceptors (Lipinski definition) is 1. The van der Waals surface area contributed by atoms with Gasteiger partial charge in [-0.25, -0.2) is 0 Å². The summed E-state index contributed by atoms with van der Waals surface area (Å²) in [4.78, 5) is 0. The highest BCUT2D eigenvalue weighted by Gasteiger charge is 2.23. The molecule has 0 bridgehead atoms. The summed E-state index contributed by atoms with van der Waals surface area (Å²) < 4.78 is 0. The van der Waals surface area contributed by atoms with Gasteiger partial charge in [-0.2, -0.15) is 0 Å². The molecule has 2 aromatic rings. The third-order valence-electron chi connectivity index (χ3n) is 6.25. The monoisotopic (exact) mass is 350 g/mol. The lowest BCUT2D eigenvalue weighted by molar-refractivity contribution is 0.396. The molecule has 3 rings (SSSR count). The Morgan fingerprint density at radius 2 is 1.15 bits per heavy atom. The van der Waals surface area contributed by atoms with Crippen molar-refractivity contribution >= 4 is 0 Å². The van der Waals surface area contributed by atoms with Crippen LogP contribution in [-0.2, 0) is 0 Å². The van der Waals surface area contributed by atoms with Crippen LogP contribution in [0.15, 0.2) is 48.5 Å². The fourth-order valence-corrected chi connectivity index (χ4v) is 4.72. The highest BCUT2D eigenvalue weighted by molar-refractivity contribution is 5.31. The van der Waals surface area contributed by atoms with Crippen molar-refractivity contribution in [2.75, 3.05) is 0 Å². The molecule has 0 amide bonds. The van der Waals surface area contributed by atoms with Crippen molar-refractivity contribution in [3.05, 3.63) is 65.2 Å². The van der Waals surface area contributed by atoms with Gasteiger partial charge in [0.25, 0.3) is 0 Å². The second kappa shape index (κ2) is 9.26. The molecule has 0 unspecified atom stereocenters. The summed E-state index contributed by atoms with van der Waals surface area (Å²) in [5.41, 5.74) is 4.46. The van der Waals surface area contributed by atoms with E-state index in [1.807, 2.05) is 12.1 Å². The lowest BCUT2D eigenvalue weighted by Gasteiger charge is -2.29. The number of rotatable bonds is 7. The SMILES string of the molecule is CCCC(CCC)c1ccc(C2CCC(c3ccc(O)cc3)CC2)cc1. The van der Waals surface area contributed by atoms with Crippen molar-refractivity contribution < 1.29 is 5.11 Å². The van der Waals surface area contributed by atoms with E-state index in [-0.39, 0.29) is 0 Å². The predicted octanol–water partition coefficient (Wildman–Crippen LogP) is 7.52. The first-order chi connectivity index (χ1) is 12.7. The minimum absolute atomic E-state index is 0.368. The van der Waals surface area contributed by atoms with Crippen LogP contribution in [0.5, 0.6) is 5.75 Å². The zero-order chi connectivity index (χ0) is 18.4. The van der Waals surface area contributed by atoms with E-state index >= 15 is 0 Å². The van der Waals surface area contributed by atoms with Crippen molar-refractivity contribution in [3.8, 4) is 5.75 Å². The maximum Gasteiger partial charge on any atom is 0.115 e. The smallest absolute Gasteiger partial charge is 0.115 e. The second-order valence-corrected chi connectivity index (χ2v) is 8.08. The molecule has 1 fully saturated rings. The van der Waals surface area contributed by atoms with Gasteiger partial charge < -0.3 is 5.11 Å². The fourth-order valence-electron chi connectivity index (χ4n) is 4.72. The molecule has 1 heteroatoms. The number of phenolic OH excluding ortho intramolecular Hbond substituents is 1. The van der Waals surface area contributed by atoms with Crippen LogP contribution in [0.1, 0.15) is 99.7 Å². The molecular formula is C25H34O. The minimum atomic E-state index is 0.368. The Bertz CT molecular complexity index is 642. The summed E-state index contributed by atoms with van der Waals surface area (Å²) >= 11 is 0. The van der Waals surface area contributed by atoms with Gasteiger partial charge in [-0.3, -0.25) is 0 Å². The number of hydrogen-bond donors (Lipinski definition) is 1. The van der Waals surface area contributed by atoms with E-state index in [0.29, 0.717) is 17.6 Å². The predicted molar refractivity (Wildman–Crippen MR) is 111 cm³/mol. The maximum absolute atomic E-state index is 9.47. The largest absolute Gasteiger partial charge is 0.508 e. The molecule has 0 heterocycles. The van der Waals surface area contributed by atoms with Gasteiger partial charge >= 0.3 is 0 Å². The van der Waals surface area contributed by atoms with Crippen LogP contribution in [0.3, 0.4) is 0 Å². The van der Waals surface area contributed by atoms with Crippen LogP contribution in [0.25, 0.3) is 0 Å². The quantitative estimate of drug-likeness (QED) is 0.547. The minimum Gasteiger partial charge on any atom is -0.508 e. The summed E-state index contributed by atoms with van der Waals surface area (Å²) in [6.07, 6.45) is 10.2. The molecule has 0 atom stereocenters. The van der Waals surface area contributed by atoms with E-state index in [4.69, 9.17) is 0 Å². The van der Waals surface area contributed by atoms with E-state index < -0.39 is 0 Å². The van der Waals surface area contributed by atoms with Crippen LogP contribution in [0.4, 0.5) is 0 Å². The molecule has 0 aliphatic heterocycles. The van der Waals surface area contributed by atoms with Gasteiger partial charge in [-0.1, -0.05) is 63.1 Å². The maximum atomic E-state index is 9.47. The Balaban J connectivity index is 1.59. The van der Waals surface area contributed by atoms with Crippen LogP contribution in [0, 0.1) is 0 Å². The van der Waals surface area contributed by atoms with Crippen LogP contribution in [-0.4, -0.2) is 5.11 Å². The summed E-state index contributed by atoms with van der Waals surface area (Å²) in [6, 6.07) is 17.4. The van der Waals surface area contributed by atoms with E-state index in [1.54, 1.807) is 0 Å². The first kappa shape index (κ1) is 19.0. The van der Waals surface area contributed by atoms with Gasteiger partial charge in [0, 0.05) is 0 Å². The average Bonchev–Trinajstić information content (AvgIpc) is 2.69. The molecule has 1 N–H and O–H groups in total. The number of benzene rings is 2. The molecule has 140 valence electrons. The Labute approximate surface area is 159 Å². The molecule has 1 nitrogen and oxygen atoms in total. The number of phenols is 1. The standard InChI is InChI=1S/C25H34O/c1-3-5-19(6-4-2)20-7-9-21(10-8-20)22-11-13-23(14-12-22)24-15-17-25(26)18-16-24/h7-10,15-19,22-23,26H,3-6,11-14H2,1-2H3. The lowest BCUT2D eigenvalue weighted by Crippen LogP contribution is -2.12. The Kier molecular flexibility index (Phi) is 6.77. The molecule has 1 aliphatic carbocycles. The Morgan fingerprint density at radius 3 is 1.58 bits per heavy atom. The van der Waals surface area contributed by atoms with Gasteiger partial charge in [0.15, 0.2) is 0 Å². The third-order valence-corrected chi connectivity index (χ3v) is 6.25. The van der Waals surface area contributed by atoms with Crippen molar-refractivity contribution in [2.45, 2.75) is 83.0 Å². The van der Waals surface area contributed by atoms with E-state index in [0.717, 1.165) is 5.92 Å². The zero-order valence-electron chi connectivity index (χ0n) is 16.5. The molecule has 0 spiro atoms. The van der Waals surface area contributed by atoms with Crippen molar-refractivity contribution in [3.63, 3.8) is 0 Å². The normalized spacial score (nSPS) is 20.4. The van der Waals surface area contributed by atoms with E-state index in [9.17, 15) is 5.11 Å². The van der Waals surface area contributed by atoms with E-state index in [1.165, 1.54) is 68.1 Å². The van der Waals surface area contributed by atoms with E-state index in [2.05, 4.69) is 50.2 Å². The molecule has 1 aliphatic rings. The molecule has 0 saturated heterocycles. The van der Waals surface area contributed by atoms with Gasteiger partial charge in [-0.05, 0) is 85.1 Å². The molecule has 26 heavy (non-hydrogen) atoms. The first-order valence-electron chi connectivity index (χ1n) is 10.6. The summed E-state index contributed by atoms with van der Waals surface area (Å²) in [7, 11) is 0. The molecular weight excluding hydrogens is 316 g/mol. The molecule has 0 aromatic heterocycles. The fraction of sp³-hybridized carbons (Fsp3) is 0.520. The Hall–Kier alpha value is -1.76. The third kappa shape index (κ3) is 4.69. The topological polar surface area (TPSA) is 20.2 Å². The first-order valence-corrected chi connectivity index (χ1v) is 10.6. The lowest BCUT2D eigenvalue weighted by atomic mass is 9.76. The summed E-state index contributed by atoms with van der Waals surface area (Å²) in [5, 5.41) is 9.47. The van der Waals surface area contributed by atoms with Crippen molar-refractivity contribution in [2.24, 2.45) is 0 Å². The average molecular weight is 351 g/mol. The number of aromatic hydroxyl groups is 1.